The number of likely N-dealkylation sites (N-methyl/N-ethyl adjacent to an activating group) is 1. The number of halogens is 1. The molecule has 0 aromatic heterocycles. The molecule has 0 bridgehead atoms. The number of piperazine rings is 1. The number of carbonyl (C=O) groups excluding carboxylic acids is 1. The molecule has 92 valence electrons. The van der Waals surface area contributed by atoms with Crippen molar-refractivity contribution in [1.82, 2.24) is 9.21 Å². The van der Waals surface area contributed by atoms with Crippen LogP contribution in [0.1, 0.15) is 6.92 Å². The molecule has 0 aromatic rings. The second-order valence-corrected chi connectivity index (χ2v) is 6.28. The van der Waals surface area contributed by atoms with Crippen LogP contribution in [0.5, 0.6) is 0 Å². The molecular weight excluding hydrogens is 252 g/mol. The van der Waals surface area contributed by atoms with Crippen LogP contribution in [0, 0.1) is 0 Å². The Morgan fingerprint density at radius 3 is 2.62 bits per heavy atom. The first-order valence-corrected chi connectivity index (χ1v) is 6.82. The molecule has 7 heteroatoms. The lowest BCUT2D eigenvalue weighted by atomic mass is 10.2. The van der Waals surface area contributed by atoms with Gasteiger partial charge >= 0.3 is 0 Å². The maximum Gasteiger partial charge on any atom is 0.240 e. The summed E-state index contributed by atoms with van der Waals surface area (Å²) in [5.41, 5.74) is 0. The Hall–Kier alpha value is -0.590. The summed E-state index contributed by atoms with van der Waals surface area (Å²) in [6.07, 6.45) is 0. The van der Waals surface area contributed by atoms with Crippen molar-refractivity contribution < 1.29 is 13.2 Å². The predicted molar refractivity (Wildman–Crippen MR) is 62.6 cm³/mol. The molecule has 1 fully saturated rings. The van der Waals surface area contributed by atoms with Crippen molar-refractivity contribution in [3.63, 3.8) is 0 Å². The van der Waals surface area contributed by atoms with E-state index in [1.807, 2.05) is 0 Å². The first kappa shape index (κ1) is 13.5. The first-order chi connectivity index (χ1) is 7.25. The van der Waals surface area contributed by atoms with Gasteiger partial charge in [-0.2, -0.15) is 4.31 Å². The van der Waals surface area contributed by atoms with Gasteiger partial charge in [0.05, 0.1) is 5.75 Å². The van der Waals surface area contributed by atoms with E-state index in [1.54, 1.807) is 14.0 Å². The zero-order valence-corrected chi connectivity index (χ0v) is 10.9. The van der Waals surface area contributed by atoms with Crippen molar-refractivity contribution in [2.24, 2.45) is 0 Å². The van der Waals surface area contributed by atoms with Gasteiger partial charge in [0.2, 0.25) is 15.9 Å². The van der Waals surface area contributed by atoms with Crippen LogP contribution >= 0.6 is 11.6 Å². The normalized spacial score (nSPS) is 23.6. The molecule has 1 saturated heterocycles. The number of rotatable bonds is 3. The molecule has 0 spiro atoms. The average Bonchev–Trinajstić information content (AvgIpc) is 2.11. The van der Waals surface area contributed by atoms with Crippen LogP contribution in [0.15, 0.2) is 11.6 Å². The third-order valence-corrected chi connectivity index (χ3v) is 4.74. The van der Waals surface area contributed by atoms with Gasteiger partial charge in [-0.15, -0.1) is 0 Å². The first-order valence-electron chi connectivity index (χ1n) is 4.83. The summed E-state index contributed by atoms with van der Waals surface area (Å²) in [7, 11) is -1.88. The van der Waals surface area contributed by atoms with Crippen LogP contribution in [0.25, 0.3) is 0 Å². The van der Waals surface area contributed by atoms with Crippen molar-refractivity contribution in [2.45, 2.75) is 13.0 Å². The minimum atomic E-state index is -3.53. The Balaban J connectivity index is 2.89. The Labute approximate surface area is 101 Å². The highest BCUT2D eigenvalue weighted by Gasteiger charge is 2.36. The lowest BCUT2D eigenvalue weighted by Crippen LogP contribution is -2.56. The molecule has 0 N–H and O–H groups in total. The number of carbonyl (C=O) groups is 1. The van der Waals surface area contributed by atoms with E-state index in [4.69, 9.17) is 11.6 Å². The summed E-state index contributed by atoms with van der Waals surface area (Å²) >= 11 is 5.50. The zero-order valence-electron chi connectivity index (χ0n) is 9.31. The Bertz CT molecular complexity index is 407. The highest BCUT2D eigenvalue weighted by atomic mass is 35.5. The standard InChI is InChI=1S/C9H15ClN2O3S/c1-7(10)6-16(14,15)12-5-4-11(3)9(13)8(12)2/h8H,1,4-6H2,2-3H3/t8-/m0/s1. The number of hydrogen-bond donors (Lipinski definition) is 0. The van der Waals surface area contributed by atoms with E-state index in [2.05, 4.69) is 6.58 Å². The average molecular weight is 267 g/mol. The van der Waals surface area contributed by atoms with E-state index in [1.165, 1.54) is 9.21 Å². The number of sulfonamides is 1. The molecule has 1 aliphatic rings. The zero-order chi connectivity index (χ0) is 12.5. The lowest BCUT2D eigenvalue weighted by molar-refractivity contribution is -0.136. The highest BCUT2D eigenvalue weighted by molar-refractivity contribution is 7.89. The van der Waals surface area contributed by atoms with Crippen molar-refractivity contribution in [2.75, 3.05) is 25.9 Å². The number of hydrogen-bond acceptors (Lipinski definition) is 3. The van der Waals surface area contributed by atoms with E-state index in [0.717, 1.165) is 0 Å². The molecule has 5 nitrogen and oxygen atoms in total. The Kier molecular flexibility index (Phi) is 3.98. The highest BCUT2D eigenvalue weighted by Crippen LogP contribution is 2.17. The quantitative estimate of drug-likeness (QED) is 0.735. The fraction of sp³-hybridized carbons (Fsp3) is 0.667. The molecule has 1 amide bonds. The van der Waals surface area contributed by atoms with Gasteiger partial charge in [-0.1, -0.05) is 18.2 Å². The van der Waals surface area contributed by atoms with Gasteiger partial charge < -0.3 is 4.90 Å². The number of amides is 1. The van der Waals surface area contributed by atoms with E-state index < -0.39 is 16.1 Å². The van der Waals surface area contributed by atoms with Gasteiger partial charge in [0.1, 0.15) is 6.04 Å². The molecule has 1 atom stereocenters. The molecule has 0 unspecified atom stereocenters. The largest absolute Gasteiger partial charge is 0.343 e. The van der Waals surface area contributed by atoms with Crippen LogP contribution in [0.4, 0.5) is 0 Å². The van der Waals surface area contributed by atoms with Crippen molar-refractivity contribution in [1.29, 1.82) is 0 Å². The third-order valence-electron chi connectivity index (χ3n) is 2.52. The van der Waals surface area contributed by atoms with Crippen molar-refractivity contribution in [3.05, 3.63) is 11.6 Å². The molecular formula is C9H15ClN2O3S. The summed E-state index contributed by atoms with van der Waals surface area (Å²) in [6.45, 7) is 5.64. The fourth-order valence-corrected chi connectivity index (χ4v) is 3.56. The molecule has 0 aliphatic carbocycles. The van der Waals surface area contributed by atoms with Crippen molar-refractivity contribution >= 4 is 27.5 Å². The Morgan fingerprint density at radius 2 is 2.12 bits per heavy atom. The van der Waals surface area contributed by atoms with Crippen LogP contribution in [-0.2, 0) is 14.8 Å². The second-order valence-electron chi connectivity index (χ2n) is 3.82. The number of nitrogens with zero attached hydrogens (tertiary/aromatic N) is 2. The second kappa shape index (κ2) is 4.73. The predicted octanol–water partition coefficient (Wildman–Crippen LogP) is 0.231. The molecule has 1 rings (SSSR count). The molecule has 16 heavy (non-hydrogen) atoms. The van der Waals surface area contributed by atoms with Gasteiger partial charge in [-0.3, -0.25) is 4.79 Å². The summed E-state index contributed by atoms with van der Waals surface area (Å²) in [5, 5.41) is 0.0542. The summed E-state index contributed by atoms with van der Waals surface area (Å²) in [5.74, 6) is -0.523. The van der Waals surface area contributed by atoms with E-state index >= 15 is 0 Å². The van der Waals surface area contributed by atoms with Gasteiger partial charge in [-0.05, 0) is 6.92 Å². The summed E-state index contributed by atoms with van der Waals surface area (Å²) < 4.78 is 24.9. The smallest absolute Gasteiger partial charge is 0.240 e. The monoisotopic (exact) mass is 266 g/mol. The van der Waals surface area contributed by atoms with E-state index in [9.17, 15) is 13.2 Å². The minimum absolute atomic E-state index is 0.0542. The van der Waals surface area contributed by atoms with Crippen molar-refractivity contribution in [3.8, 4) is 0 Å². The minimum Gasteiger partial charge on any atom is -0.343 e. The van der Waals surface area contributed by atoms with Crippen LogP contribution in [0.3, 0.4) is 0 Å². The van der Waals surface area contributed by atoms with Gasteiger partial charge in [0.25, 0.3) is 0 Å². The summed E-state index contributed by atoms with van der Waals surface area (Å²) in [6, 6.07) is -0.667. The molecule has 0 radical (unpaired) electrons. The molecule has 0 aromatic carbocycles. The Morgan fingerprint density at radius 1 is 1.56 bits per heavy atom. The van der Waals surface area contributed by atoms with Gasteiger partial charge in [0, 0.05) is 25.2 Å². The van der Waals surface area contributed by atoms with Gasteiger partial charge in [0.15, 0.2) is 0 Å². The lowest BCUT2D eigenvalue weighted by Gasteiger charge is -2.36. The third kappa shape index (κ3) is 2.75. The van der Waals surface area contributed by atoms with E-state index in [-0.39, 0.29) is 16.7 Å². The molecule has 1 aliphatic heterocycles. The van der Waals surface area contributed by atoms with Crippen LogP contribution in [-0.4, -0.2) is 55.5 Å². The topological polar surface area (TPSA) is 57.7 Å². The van der Waals surface area contributed by atoms with Gasteiger partial charge in [-0.25, -0.2) is 8.42 Å². The van der Waals surface area contributed by atoms with Crippen LogP contribution < -0.4 is 0 Å². The summed E-state index contributed by atoms with van der Waals surface area (Å²) in [4.78, 5) is 13.2. The molecule has 0 saturated carbocycles. The van der Waals surface area contributed by atoms with E-state index in [0.29, 0.717) is 13.1 Å². The maximum atomic E-state index is 11.9. The maximum absolute atomic E-state index is 11.9. The fourth-order valence-electron chi connectivity index (χ4n) is 1.66. The van der Waals surface area contributed by atoms with Crippen LogP contribution in [0.2, 0.25) is 0 Å². The SMILES string of the molecule is C=C(Cl)CS(=O)(=O)N1CCN(C)C(=O)[C@@H]1C. The molecule has 1 heterocycles.